The molecule has 150 valence electrons. The maximum Gasteiger partial charge on any atom is 0.278 e. The van der Waals surface area contributed by atoms with Crippen molar-refractivity contribution in [1.29, 1.82) is 0 Å². The van der Waals surface area contributed by atoms with E-state index in [9.17, 15) is 22.4 Å². The summed E-state index contributed by atoms with van der Waals surface area (Å²) in [4.78, 5) is 26.2. The molecule has 1 aromatic carbocycles. The van der Waals surface area contributed by atoms with Crippen LogP contribution in [0.5, 0.6) is 0 Å². The van der Waals surface area contributed by atoms with E-state index in [-0.39, 0.29) is 37.0 Å². The summed E-state index contributed by atoms with van der Waals surface area (Å²) in [5.74, 6) is -0.682. The van der Waals surface area contributed by atoms with Crippen LogP contribution < -0.4 is 4.72 Å². The average molecular weight is 399 g/mol. The van der Waals surface area contributed by atoms with Gasteiger partial charge in [0, 0.05) is 52.1 Å². The number of halogens is 1. The van der Waals surface area contributed by atoms with Gasteiger partial charge in [0.1, 0.15) is 5.82 Å². The van der Waals surface area contributed by atoms with Crippen LogP contribution in [0.4, 0.5) is 4.39 Å². The third-order valence-electron chi connectivity index (χ3n) is 4.64. The molecule has 1 atom stereocenters. The van der Waals surface area contributed by atoms with E-state index in [0.717, 1.165) is 17.1 Å². The van der Waals surface area contributed by atoms with Gasteiger partial charge >= 0.3 is 0 Å². The molecule has 1 aliphatic heterocycles. The standard InChI is InChI=1S/C18H26FN3O4S/c1-21(2)27(25,26)20-12-14-4-3-11-22(13-14)18(24)10-9-17(23)15-5-7-16(19)8-6-15/h5-8,14,20H,3-4,9-13H2,1-2H3. The molecule has 0 saturated carbocycles. The second-order valence-electron chi connectivity index (χ2n) is 6.91. The highest BCUT2D eigenvalue weighted by atomic mass is 32.2. The van der Waals surface area contributed by atoms with Crippen molar-refractivity contribution in [2.45, 2.75) is 25.7 Å². The SMILES string of the molecule is CN(C)S(=O)(=O)NCC1CCCN(C(=O)CCC(=O)c2ccc(F)cc2)C1. The number of hydrogen-bond acceptors (Lipinski definition) is 4. The number of ketones is 1. The van der Waals surface area contributed by atoms with Gasteiger partial charge in [0.25, 0.3) is 10.2 Å². The zero-order valence-corrected chi connectivity index (χ0v) is 16.5. The van der Waals surface area contributed by atoms with E-state index in [1.807, 2.05) is 0 Å². The molecule has 0 bridgehead atoms. The second kappa shape index (κ2) is 9.38. The van der Waals surface area contributed by atoms with E-state index >= 15 is 0 Å². The molecular weight excluding hydrogens is 373 g/mol. The number of carbonyl (C=O) groups excluding carboxylic acids is 2. The summed E-state index contributed by atoms with van der Waals surface area (Å²) in [5.41, 5.74) is 0.388. The van der Waals surface area contributed by atoms with Crippen LogP contribution in [0.3, 0.4) is 0 Å². The minimum Gasteiger partial charge on any atom is -0.342 e. The fraction of sp³-hybridized carbons (Fsp3) is 0.556. The molecule has 1 heterocycles. The Morgan fingerprint density at radius 2 is 1.89 bits per heavy atom. The molecule has 1 saturated heterocycles. The number of hydrogen-bond donors (Lipinski definition) is 1. The number of piperidine rings is 1. The Hall–Kier alpha value is -1.84. The molecule has 2 rings (SSSR count). The fourth-order valence-electron chi connectivity index (χ4n) is 2.97. The minimum absolute atomic E-state index is 0.0465. The van der Waals surface area contributed by atoms with Crippen molar-refractivity contribution >= 4 is 21.9 Å². The van der Waals surface area contributed by atoms with Crippen molar-refractivity contribution in [3.05, 3.63) is 35.6 Å². The number of nitrogens with one attached hydrogen (secondary N) is 1. The number of nitrogens with zero attached hydrogens (tertiary/aromatic N) is 2. The molecule has 0 radical (unpaired) electrons. The van der Waals surface area contributed by atoms with Gasteiger partial charge in [0.15, 0.2) is 5.78 Å². The number of rotatable bonds is 8. The van der Waals surface area contributed by atoms with E-state index in [4.69, 9.17) is 0 Å². The van der Waals surface area contributed by atoms with Crippen molar-refractivity contribution in [2.24, 2.45) is 5.92 Å². The lowest BCUT2D eigenvalue weighted by Crippen LogP contribution is -2.45. The predicted molar refractivity (Wildman–Crippen MR) is 99.9 cm³/mol. The number of benzene rings is 1. The first-order valence-corrected chi connectivity index (χ1v) is 10.4. The van der Waals surface area contributed by atoms with Crippen LogP contribution in [0.25, 0.3) is 0 Å². The molecule has 1 unspecified atom stereocenters. The van der Waals surface area contributed by atoms with Gasteiger partial charge in [-0.05, 0) is 43.0 Å². The molecule has 0 aliphatic carbocycles. The highest BCUT2D eigenvalue weighted by Gasteiger charge is 2.25. The highest BCUT2D eigenvalue weighted by molar-refractivity contribution is 7.87. The number of likely N-dealkylation sites (tertiary alicyclic amines) is 1. The first kappa shape index (κ1) is 21.5. The lowest BCUT2D eigenvalue weighted by molar-refractivity contribution is -0.132. The van der Waals surface area contributed by atoms with Crippen LogP contribution in [-0.2, 0) is 15.0 Å². The van der Waals surface area contributed by atoms with Gasteiger partial charge < -0.3 is 4.90 Å². The largest absolute Gasteiger partial charge is 0.342 e. The van der Waals surface area contributed by atoms with Crippen molar-refractivity contribution in [1.82, 2.24) is 13.9 Å². The van der Waals surface area contributed by atoms with Crippen LogP contribution in [0.15, 0.2) is 24.3 Å². The zero-order valence-electron chi connectivity index (χ0n) is 15.7. The lowest BCUT2D eigenvalue weighted by atomic mass is 9.97. The molecule has 1 N–H and O–H groups in total. The van der Waals surface area contributed by atoms with Gasteiger partial charge in [-0.25, -0.2) is 9.11 Å². The van der Waals surface area contributed by atoms with Crippen LogP contribution >= 0.6 is 0 Å². The van der Waals surface area contributed by atoms with Gasteiger partial charge in [-0.3, -0.25) is 9.59 Å². The molecule has 1 amide bonds. The third-order valence-corrected chi connectivity index (χ3v) is 6.13. The number of Topliss-reactive ketones (excluding diaryl/α,β-unsaturated/α-hetero) is 1. The first-order valence-electron chi connectivity index (χ1n) is 8.92. The van der Waals surface area contributed by atoms with E-state index in [2.05, 4.69) is 4.72 Å². The molecule has 1 fully saturated rings. The third kappa shape index (κ3) is 6.37. The van der Waals surface area contributed by atoms with Crippen LogP contribution in [0, 0.1) is 11.7 Å². The monoisotopic (exact) mass is 399 g/mol. The van der Waals surface area contributed by atoms with Crippen molar-refractivity contribution in [3.63, 3.8) is 0 Å². The Labute approximate surface area is 159 Å². The summed E-state index contributed by atoms with van der Waals surface area (Å²) < 4.78 is 40.1. The van der Waals surface area contributed by atoms with Gasteiger partial charge in [0.05, 0.1) is 0 Å². The van der Waals surface area contributed by atoms with Crippen molar-refractivity contribution in [2.75, 3.05) is 33.7 Å². The van der Waals surface area contributed by atoms with Gasteiger partial charge in [0.2, 0.25) is 5.91 Å². The van der Waals surface area contributed by atoms with Crippen molar-refractivity contribution < 1.29 is 22.4 Å². The van der Waals surface area contributed by atoms with E-state index in [1.165, 1.54) is 38.4 Å². The molecule has 9 heteroatoms. The van der Waals surface area contributed by atoms with Crippen LogP contribution in [0.1, 0.15) is 36.0 Å². The molecule has 7 nitrogen and oxygen atoms in total. The number of amides is 1. The van der Waals surface area contributed by atoms with Gasteiger partial charge in [-0.1, -0.05) is 0 Å². The zero-order chi connectivity index (χ0) is 20.0. The van der Waals surface area contributed by atoms with Crippen molar-refractivity contribution in [3.8, 4) is 0 Å². The summed E-state index contributed by atoms with van der Waals surface area (Å²) in [7, 11) is -0.571. The Balaban J connectivity index is 1.82. The molecule has 0 aromatic heterocycles. The van der Waals surface area contributed by atoms with Crippen LogP contribution in [0.2, 0.25) is 0 Å². The Kier molecular flexibility index (Phi) is 7.46. The summed E-state index contributed by atoms with van der Waals surface area (Å²) in [6.45, 7) is 1.36. The maximum absolute atomic E-state index is 12.9. The molecular formula is C18H26FN3O4S. The van der Waals surface area contributed by atoms with Gasteiger partial charge in [-0.2, -0.15) is 12.7 Å². The number of carbonyl (C=O) groups is 2. The predicted octanol–water partition coefficient (Wildman–Crippen LogP) is 1.42. The summed E-state index contributed by atoms with van der Waals surface area (Å²) in [5, 5.41) is 0. The maximum atomic E-state index is 12.9. The van der Waals surface area contributed by atoms with E-state index in [1.54, 1.807) is 4.90 Å². The molecule has 1 aromatic rings. The van der Waals surface area contributed by atoms with Crippen LogP contribution in [-0.4, -0.2) is 63.0 Å². The topological polar surface area (TPSA) is 86.8 Å². The van der Waals surface area contributed by atoms with Gasteiger partial charge in [-0.15, -0.1) is 0 Å². The first-order chi connectivity index (χ1) is 12.7. The normalized spacial score (nSPS) is 17.9. The minimum atomic E-state index is -3.48. The molecule has 0 spiro atoms. The average Bonchev–Trinajstić information content (AvgIpc) is 2.65. The summed E-state index contributed by atoms with van der Waals surface area (Å²) in [6.07, 6.45) is 1.80. The highest BCUT2D eigenvalue weighted by Crippen LogP contribution is 2.18. The summed E-state index contributed by atoms with van der Waals surface area (Å²) >= 11 is 0. The van der Waals surface area contributed by atoms with E-state index in [0.29, 0.717) is 18.7 Å². The Bertz CT molecular complexity index is 765. The molecule has 27 heavy (non-hydrogen) atoms. The van der Waals surface area contributed by atoms with E-state index < -0.39 is 16.0 Å². The summed E-state index contributed by atoms with van der Waals surface area (Å²) in [6, 6.07) is 5.27. The molecule has 1 aliphatic rings. The second-order valence-corrected chi connectivity index (χ2v) is 8.88. The smallest absolute Gasteiger partial charge is 0.278 e. The Morgan fingerprint density at radius 1 is 1.22 bits per heavy atom. The lowest BCUT2D eigenvalue weighted by Gasteiger charge is -2.33. The Morgan fingerprint density at radius 3 is 2.52 bits per heavy atom. The fourth-order valence-corrected chi connectivity index (χ4v) is 3.67. The quantitative estimate of drug-likeness (QED) is 0.670.